The quantitative estimate of drug-likeness (QED) is 0.156. The van der Waals surface area contributed by atoms with Gasteiger partial charge in [-0.25, -0.2) is 0 Å². The molecule has 0 unspecified atom stereocenters. The van der Waals surface area contributed by atoms with E-state index >= 15 is 0 Å². The standard InChI is InChI=1S/C38H41N7O3/c1-37(2,39-25-38(3,48)29-12-5-4-6-13-29)23-34(46)40-32-22-21-28-11-7-10-16-33(28)45(36(32)47)24-26-17-19-27(20-18-26)30-14-8-9-15-31(30)35-41-43-44-42-35/h4-20,32,39,48H,21-25H2,1-3H3,(H,40,46)(H,41,42,43,44)/t32-,38+/m1/s1. The van der Waals surface area contributed by atoms with Crippen molar-refractivity contribution in [2.75, 3.05) is 11.4 Å². The van der Waals surface area contributed by atoms with Gasteiger partial charge >= 0.3 is 0 Å². The summed E-state index contributed by atoms with van der Waals surface area (Å²) in [5, 5.41) is 32.0. The summed E-state index contributed by atoms with van der Waals surface area (Å²) in [7, 11) is 0. The van der Waals surface area contributed by atoms with E-state index in [2.05, 4.69) is 31.3 Å². The van der Waals surface area contributed by atoms with E-state index in [0.29, 0.717) is 25.2 Å². The molecule has 1 aliphatic rings. The molecule has 0 bridgehead atoms. The van der Waals surface area contributed by atoms with E-state index in [9.17, 15) is 14.7 Å². The number of amides is 2. The number of H-pyrrole nitrogens is 1. The Labute approximate surface area is 280 Å². The first-order valence-electron chi connectivity index (χ1n) is 16.2. The minimum atomic E-state index is -1.10. The van der Waals surface area contributed by atoms with E-state index < -0.39 is 17.2 Å². The zero-order valence-corrected chi connectivity index (χ0v) is 27.5. The van der Waals surface area contributed by atoms with Crippen LogP contribution in [0.25, 0.3) is 22.5 Å². The SMILES string of the molecule is CC(C)(CC(=O)N[C@@H]1CCc2ccccc2N(Cc2ccc(-c3ccccc3-c3nn[nH]n3)cc2)C1=O)NC[C@](C)(O)c1ccccc1. The van der Waals surface area contributed by atoms with Crippen molar-refractivity contribution in [1.82, 2.24) is 31.3 Å². The van der Waals surface area contributed by atoms with Crippen LogP contribution in [-0.4, -0.2) is 55.7 Å². The van der Waals surface area contributed by atoms with Crippen LogP contribution in [0.15, 0.2) is 103 Å². The Morgan fingerprint density at radius 2 is 1.60 bits per heavy atom. The van der Waals surface area contributed by atoms with Gasteiger partial charge in [0.2, 0.25) is 17.6 Å². The number of benzene rings is 4. The number of nitrogens with zero attached hydrogens (tertiary/aromatic N) is 4. The highest BCUT2D eigenvalue weighted by Gasteiger charge is 2.33. The van der Waals surface area contributed by atoms with Gasteiger partial charge in [0.15, 0.2) is 0 Å². The molecule has 2 heterocycles. The number of fused-ring (bicyclic) bond motifs is 1. The van der Waals surface area contributed by atoms with Gasteiger partial charge in [-0.15, -0.1) is 10.2 Å². The average Bonchev–Trinajstić information content (AvgIpc) is 3.60. The topological polar surface area (TPSA) is 136 Å². The van der Waals surface area contributed by atoms with E-state index in [1.807, 2.05) is 117 Å². The van der Waals surface area contributed by atoms with Gasteiger partial charge in [-0.1, -0.05) is 97.1 Å². The summed E-state index contributed by atoms with van der Waals surface area (Å²) in [6, 6.07) is 32.7. The van der Waals surface area contributed by atoms with Gasteiger partial charge in [0.05, 0.1) is 12.1 Å². The van der Waals surface area contributed by atoms with Crippen LogP contribution in [0, 0.1) is 0 Å². The van der Waals surface area contributed by atoms with Crippen LogP contribution in [0.3, 0.4) is 0 Å². The Bertz CT molecular complexity index is 1860. The van der Waals surface area contributed by atoms with Crippen molar-refractivity contribution >= 4 is 17.5 Å². The number of hydrogen-bond acceptors (Lipinski definition) is 7. The Morgan fingerprint density at radius 3 is 2.33 bits per heavy atom. The fourth-order valence-electron chi connectivity index (χ4n) is 6.21. The number of tetrazole rings is 1. The summed E-state index contributed by atoms with van der Waals surface area (Å²) in [6.45, 7) is 6.23. The molecule has 10 nitrogen and oxygen atoms in total. The lowest BCUT2D eigenvalue weighted by Gasteiger charge is -2.32. The molecule has 0 radical (unpaired) electrons. The molecule has 0 saturated carbocycles. The molecule has 10 heteroatoms. The van der Waals surface area contributed by atoms with Gasteiger partial charge in [0.25, 0.3) is 0 Å². The Hall–Kier alpha value is -5.19. The molecule has 6 rings (SSSR count). The van der Waals surface area contributed by atoms with E-state index in [0.717, 1.165) is 39.1 Å². The van der Waals surface area contributed by atoms with Crippen LogP contribution in [0.4, 0.5) is 5.69 Å². The smallest absolute Gasteiger partial charge is 0.249 e. The molecular weight excluding hydrogens is 602 g/mol. The summed E-state index contributed by atoms with van der Waals surface area (Å²) in [6.07, 6.45) is 1.30. The van der Waals surface area contributed by atoms with E-state index in [1.54, 1.807) is 11.8 Å². The van der Waals surface area contributed by atoms with Crippen molar-refractivity contribution in [2.45, 2.75) is 63.8 Å². The molecule has 0 aliphatic carbocycles. The molecule has 0 spiro atoms. The van der Waals surface area contributed by atoms with Crippen molar-refractivity contribution in [3.05, 3.63) is 120 Å². The molecule has 0 fully saturated rings. The van der Waals surface area contributed by atoms with Crippen molar-refractivity contribution in [2.24, 2.45) is 0 Å². The zero-order valence-electron chi connectivity index (χ0n) is 27.5. The second kappa shape index (κ2) is 13.9. The third-order valence-corrected chi connectivity index (χ3v) is 8.91. The zero-order chi connectivity index (χ0) is 33.7. The van der Waals surface area contributed by atoms with Gasteiger partial charge in [-0.2, -0.15) is 5.21 Å². The third-order valence-electron chi connectivity index (χ3n) is 8.91. The number of hydrogen-bond donors (Lipinski definition) is 4. The average molecular weight is 644 g/mol. The number of aromatic nitrogens is 4. The van der Waals surface area contributed by atoms with Crippen molar-refractivity contribution in [3.8, 4) is 22.5 Å². The van der Waals surface area contributed by atoms with Gasteiger partial charge in [0.1, 0.15) is 6.04 Å². The van der Waals surface area contributed by atoms with E-state index in [1.165, 1.54) is 0 Å². The first-order chi connectivity index (χ1) is 23.1. The highest BCUT2D eigenvalue weighted by molar-refractivity contribution is 6.00. The summed E-state index contributed by atoms with van der Waals surface area (Å²) >= 11 is 0. The number of carbonyl (C=O) groups excluding carboxylic acids is 2. The minimum Gasteiger partial charge on any atom is -0.384 e. The minimum absolute atomic E-state index is 0.140. The predicted molar refractivity (Wildman–Crippen MR) is 186 cm³/mol. The molecule has 1 aromatic heterocycles. The Balaban J connectivity index is 1.15. The summed E-state index contributed by atoms with van der Waals surface area (Å²) in [4.78, 5) is 29.3. The number of aromatic amines is 1. The second-order valence-electron chi connectivity index (χ2n) is 13.2. The normalized spacial score (nSPS) is 16.1. The molecule has 4 aromatic carbocycles. The van der Waals surface area contributed by atoms with E-state index in [-0.39, 0.29) is 24.8 Å². The first kappa shape index (κ1) is 32.7. The molecular formula is C38H41N7O3. The molecule has 2 atom stereocenters. The predicted octanol–water partition coefficient (Wildman–Crippen LogP) is 5.16. The second-order valence-corrected chi connectivity index (χ2v) is 13.2. The fourth-order valence-corrected chi connectivity index (χ4v) is 6.21. The molecule has 4 N–H and O–H groups in total. The third kappa shape index (κ3) is 7.51. The fraction of sp³-hybridized carbons (Fsp3) is 0.289. The van der Waals surface area contributed by atoms with Crippen molar-refractivity contribution in [3.63, 3.8) is 0 Å². The number of rotatable bonds is 11. The highest BCUT2D eigenvalue weighted by atomic mass is 16.3. The maximum atomic E-state index is 14.1. The Kier molecular flexibility index (Phi) is 9.47. The number of anilines is 1. The number of aryl methyl sites for hydroxylation is 1. The molecule has 1 aliphatic heterocycles. The number of nitrogens with one attached hydrogen (secondary N) is 3. The number of aliphatic hydroxyl groups is 1. The van der Waals surface area contributed by atoms with Crippen LogP contribution in [0.1, 0.15) is 50.3 Å². The van der Waals surface area contributed by atoms with Crippen LogP contribution in [-0.2, 0) is 28.2 Å². The number of β-amino-alcohol motifs (C(OH)–C–C–N with tert-alkyl or cyclic N) is 1. The first-order valence-corrected chi connectivity index (χ1v) is 16.2. The maximum absolute atomic E-state index is 14.1. The molecule has 5 aromatic rings. The summed E-state index contributed by atoms with van der Waals surface area (Å²) in [5.41, 5.74) is 4.80. The van der Waals surface area contributed by atoms with Gasteiger partial charge < -0.3 is 20.6 Å². The molecule has 0 saturated heterocycles. The summed E-state index contributed by atoms with van der Waals surface area (Å²) < 4.78 is 0. The largest absolute Gasteiger partial charge is 0.384 e. The number of carbonyl (C=O) groups is 2. The van der Waals surface area contributed by atoms with Crippen LogP contribution < -0.4 is 15.5 Å². The summed E-state index contributed by atoms with van der Waals surface area (Å²) in [5.74, 6) is 0.158. The van der Waals surface area contributed by atoms with Gasteiger partial charge in [-0.3, -0.25) is 9.59 Å². The van der Waals surface area contributed by atoms with Crippen molar-refractivity contribution < 1.29 is 14.7 Å². The van der Waals surface area contributed by atoms with Crippen LogP contribution >= 0.6 is 0 Å². The van der Waals surface area contributed by atoms with Crippen LogP contribution in [0.5, 0.6) is 0 Å². The monoisotopic (exact) mass is 643 g/mol. The molecule has 48 heavy (non-hydrogen) atoms. The van der Waals surface area contributed by atoms with Gasteiger partial charge in [0, 0.05) is 29.8 Å². The Morgan fingerprint density at radius 1 is 0.917 bits per heavy atom. The van der Waals surface area contributed by atoms with Crippen LogP contribution in [0.2, 0.25) is 0 Å². The lowest BCUT2D eigenvalue weighted by Crippen LogP contribution is -2.52. The maximum Gasteiger partial charge on any atom is 0.249 e. The molecule has 246 valence electrons. The van der Waals surface area contributed by atoms with Crippen molar-refractivity contribution in [1.29, 1.82) is 0 Å². The van der Waals surface area contributed by atoms with Gasteiger partial charge in [-0.05, 0) is 72.7 Å². The highest BCUT2D eigenvalue weighted by Crippen LogP contribution is 2.32. The lowest BCUT2D eigenvalue weighted by atomic mass is 9.93. The number of para-hydroxylation sites is 1. The lowest BCUT2D eigenvalue weighted by molar-refractivity contribution is -0.128. The molecule has 2 amide bonds. The van der Waals surface area contributed by atoms with E-state index in [4.69, 9.17) is 0 Å².